The molecule has 10 atom stereocenters. The van der Waals surface area contributed by atoms with Crippen molar-refractivity contribution in [1.82, 2.24) is 0 Å². The molecule has 0 N–H and O–H groups in total. The Hall–Kier alpha value is 1.30. The second-order valence-corrected chi connectivity index (χ2v) is 59.0. The molecule has 2 saturated heterocycles. The fourth-order valence-corrected chi connectivity index (χ4v) is 13.9. The summed E-state index contributed by atoms with van der Waals surface area (Å²) in [5, 5.41) is 0. The average molecular weight is 920 g/mol. The third kappa shape index (κ3) is 20.6. The second kappa shape index (κ2) is 19.1. The van der Waals surface area contributed by atoms with Gasteiger partial charge < -0.3 is 49.6 Å². The lowest BCUT2D eigenvalue weighted by atomic mass is 9.97. The lowest BCUT2D eigenvalue weighted by molar-refractivity contribution is -0.344. The maximum atomic E-state index is 7.46. The molecule has 2 heterocycles. The monoisotopic (exact) mass is 918 g/mol. The van der Waals surface area contributed by atoms with Gasteiger partial charge in [0.1, 0.15) is 48.8 Å². The summed E-state index contributed by atoms with van der Waals surface area (Å²) in [5.41, 5.74) is 0. The van der Waals surface area contributed by atoms with Crippen molar-refractivity contribution in [3.8, 4) is 0 Å². The third-order valence-corrected chi connectivity index (χ3v) is 15.7. The highest BCUT2D eigenvalue weighted by Crippen LogP contribution is 2.39. The smallest absolute Gasteiger partial charge is 0.187 e. The quantitative estimate of drug-likeness (QED) is 0.109. The molecule has 0 spiro atoms. The number of hydrogen-bond donors (Lipinski definition) is 0. The first kappa shape index (κ1) is 52.4. The Bertz CT molecular complexity index is 1180. The van der Waals surface area contributed by atoms with Gasteiger partial charge >= 0.3 is 0 Å². The van der Waals surface area contributed by atoms with Crippen LogP contribution in [0.5, 0.6) is 0 Å². The molecule has 328 valence electrons. The lowest BCUT2D eigenvalue weighted by Crippen LogP contribution is -2.70. The Balaban J connectivity index is 2.93. The molecule has 19 heteroatoms. The standard InChI is InChI=1S/C36H86O11Si8/c1-48(2,3)37-25-27-29(31(43-51(10,11)12)34(46-54(19,20)21)36(40-27)47-55(22,23)24)41-35-33(45-53(16,17)18)32(44-52(13,14)15)30(42-50(7,8)9)28(39-35)26-38-49(4,5)6/h27-36H,25-26H2,1-24H3/t27-,28-,29?,30+,31+,32+,33-,34-,35+,36+/m0/s1. The minimum atomic E-state index is -2.23. The van der Waals surface area contributed by atoms with Crippen LogP contribution < -0.4 is 0 Å². The summed E-state index contributed by atoms with van der Waals surface area (Å²) in [7, 11) is -17.0. The molecule has 1 unspecified atom stereocenters. The Morgan fingerprint density at radius 3 is 0.909 bits per heavy atom. The van der Waals surface area contributed by atoms with Crippen molar-refractivity contribution in [2.24, 2.45) is 0 Å². The normalized spacial score (nSPS) is 31.2. The number of hydrogen-bond acceptors (Lipinski definition) is 11. The molecule has 0 aliphatic carbocycles. The largest absolute Gasteiger partial charge is 0.415 e. The van der Waals surface area contributed by atoms with E-state index in [0.29, 0.717) is 13.2 Å². The molecule has 0 radical (unpaired) electrons. The van der Waals surface area contributed by atoms with Crippen LogP contribution in [0.2, 0.25) is 157 Å². The van der Waals surface area contributed by atoms with E-state index in [1.54, 1.807) is 0 Å². The zero-order valence-corrected chi connectivity index (χ0v) is 47.7. The van der Waals surface area contributed by atoms with Crippen LogP contribution in [0.4, 0.5) is 0 Å². The van der Waals surface area contributed by atoms with E-state index in [0.717, 1.165) is 0 Å². The van der Waals surface area contributed by atoms with Crippen molar-refractivity contribution in [3.63, 3.8) is 0 Å². The molecule has 0 aromatic carbocycles. The van der Waals surface area contributed by atoms with Gasteiger partial charge in [-0.3, -0.25) is 0 Å². The maximum Gasteiger partial charge on any atom is 0.187 e. The van der Waals surface area contributed by atoms with Crippen LogP contribution in [-0.4, -0.2) is 141 Å². The summed E-state index contributed by atoms with van der Waals surface area (Å²) < 4.78 is 77.4. The molecule has 0 aromatic rings. The molecule has 55 heavy (non-hydrogen) atoms. The van der Waals surface area contributed by atoms with Crippen molar-refractivity contribution in [3.05, 3.63) is 0 Å². The van der Waals surface area contributed by atoms with Gasteiger partial charge in [-0.1, -0.05) is 0 Å². The second-order valence-electron chi connectivity index (χ2n) is 23.2. The molecule has 0 aromatic heterocycles. The van der Waals surface area contributed by atoms with Gasteiger partial charge in [0.05, 0.1) is 13.2 Å². The van der Waals surface area contributed by atoms with E-state index in [4.69, 9.17) is 49.6 Å². The number of rotatable bonds is 20. The van der Waals surface area contributed by atoms with Crippen molar-refractivity contribution in [1.29, 1.82) is 0 Å². The first-order chi connectivity index (χ1) is 24.2. The molecule has 2 rings (SSSR count). The van der Waals surface area contributed by atoms with Crippen molar-refractivity contribution >= 4 is 66.5 Å². The Labute approximate surface area is 346 Å². The highest BCUT2D eigenvalue weighted by atomic mass is 28.4. The highest BCUT2D eigenvalue weighted by molar-refractivity contribution is 6.72. The van der Waals surface area contributed by atoms with E-state index >= 15 is 0 Å². The summed E-state index contributed by atoms with van der Waals surface area (Å²) in [4.78, 5) is 0. The van der Waals surface area contributed by atoms with Gasteiger partial charge in [0.25, 0.3) is 0 Å². The average Bonchev–Trinajstić information content (AvgIpc) is 2.88. The Morgan fingerprint density at radius 1 is 0.291 bits per heavy atom. The molecule has 2 fully saturated rings. The number of ether oxygens (including phenoxy) is 3. The molecule has 0 amide bonds. The minimum Gasteiger partial charge on any atom is -0.415 e. The van der Waals surface area contributed by atoms with E-state index in [1.165, 1.54) is 0 Å². The summed E-state index contributed by atoms with van der Waals surface area (Å²) >= 11 is 0. The lowest BCUT2D eigenvalue weighted by Gasteiger charge is -2.54. The van der Waals surface area contributed by atoms with Crippen molar-refractivity contribution in [2.45, 2.75) is 219 Å². The summed E-state index contributed by atoms with van der Waals surface area (Å²) in [6.07, 6.45) is -5.61. The Morgan fingerprint density at radius 2 is 0.564 bits per heavy atom. The first-order valence-electron chi connectivity index (χ1n) is 20.5. The van der Waals surface area contributed by atoms with Gasteiger partial charge in [-0.25, -0.2) is 0 Å². The Kier molecular flexibility index (Phi) is 18.2. The zero-order valence-electron chi connectivity index (χ0n) is 39.7. The van der Waals surface area contributed by atoms with Gasteiger partial charge in [0, 0.05) is 0 Å². The van der Waals surface area contributed by atoms with E-state index in [9.17, 15) is 0 Å². The van der Waals surface area contributed by atoms with Gasteiger partial charge in [-0.15, -0.1) is 0 Å². The van der Waals surface area contributed by atoms with Crippen LogP contribution >= 0.6 is 0 Å². The fraction of sp³-hybridized carbons (Fsp3) is 1.00. The van der Waals surface area contributed by atoms with Gasteiger partial charge in [-0.2, -0.15) is 0 Å². The SMILES string of the molecule is C[Si](C)(C)OC[C@@H]1O[C@H](O[Si](C)(C)C)[C@@H](O[Si](C)(C)C)[C@H](O[Si](C)(C)C)C1O[C@H]1O[C@@H](CO[Si](C)(C)C)[C@@H](O[Si](C)(C)C)[C@@H](O[Si](C)(C)C)[C@@H]1O[Si](C)(C)C. The van der Waals surface area contributed by atoms with E-state index in [2.05, 4.69) is 157 Å². The van der Waals surface area contributed by atoms with Crippen LogP contribution in [0.25, 0.3) is 0 Å². The molecule has 2 aliphatic rings. The van der Waals surface area contributed by atoms with Gasteiger partial charge in [-0.05, 0) is 157 Å². The molecule has 11 nitrogen and oxygen atoms in total. The van der Waals surface area contributed by atoms with Crippen LogP contribution in [0, 0.1) is 0 Å². The van der Waals surface area contributed by atoms with Crippen LogP contribution in [0.1, 0.15) is 0 Å². The molecular weight excluding hydrogens is 833 g/mol. The first-order valence-corrected chi connectivity index (χ1v) is 47.8. The van der Waals surface area contributed by atoms with Crippen molar-refractivity contribution in [2.75, 3.05) is 13.2 Å². The zero-order chi connectivity index (χ0) is 43.0. The summed E-state index contributed by atoms with van der Waals surface area (Å²) in [6, 6.07) is 0. The van der Waals surface area contributed by atoms with Gasteiger partial charge in [0.15, 0.2) is 79.1 Å². The summed E-state index contributed by atoms with van der Waals surface area (Å²) in [6.45, 7) is 53.5. The molecule has 0 saturated carbocycles. The van der Waals surface area contributed by atoms with Crippen LogP contribution in [0.3, 0.4) is 0 Å². The molecular formula is C36H86O11Si8. The predicted molar refractivity (Wildman–Crippen MR) is 246 cm³/mol. The summed E-state index contributed by atoms with van der Waals surface area (Å²) in [5.74, 6) is 0. The van der Waals surface area contributed by atoms with E-state index in [-0.39, 0.29) is 0 Å². The minimum absolute atomic E-state index is 0.321. The van der Waals surface area contributed by atoms with Crippen molar-refractivity contribution < 1.29 is 49.6 Å². The molecule has 2 aliphatic heterocycles. The van der Waals surface area contributed by atoms with Crippen LogP contribution in [0.15, 0.2) is 0 Å². The van der Waals surface area contributed by atoms with E-state index in [1.807, 2.05) is 0 Å². The third-order valence-electron chi connectivity index (χ3n) is 7.75. The van der Waals surface area contributed by atoms with E-state index < -0.39 is 128 Å². The fourth-order valence-electron chi connectivity index (χ4n) is 6.26. The van der Waals surface area contributed by atoms with Gasteiger partial charge in [0.2, 0.25) is 0 Å². The predicted octanol–water partition coefficient (Wildman–Crippen LogP) is 9.48. The molecule has 0 bridgehead atoms. The maximum absolute atomic E-state index is 7.46. The van der Waals surface area contributed by atoms with Crippen LogP contribution in [-0.2, 0) is 49.6 Å². The topological polar surface area (TPSA) is 102 Å². The highest BCUT2D eigenvalue weighted by Gasteiger charge is 2.57.